The van der Waals surface area contributed by atoms with Gasteiger partial charge in [0.15, 0.2) is 0 Å². The Bertz CT molecular complexity index is 385. The molecule has 2 rings (SSSR count). The minimum Gasteiger partial charge on any atom is -0.398 e. The van der Waals surface area contributed by atoms with E-state index in [4.69, 9.17) is 9.31 Å². The van der Waals surface area contributed by atoms with Gasteiger partial charge >= 0.3 is 7.12 Å². The highest BCUT2D eigenvalue weighted by atomic mass is 19.1. The van der Waals surface area contributed by atoms with Crippen molar-refractivity contribution in [3.05, 3.63) is 24.0 Å². The van der Waals surface area contributed by atoms with Gasteiger partial charge in [-0.3, -0.25) is 0 Å². The predicted octanol–water partition coefficient (Wildman–Crippen LogP) is 4.22. The van der Waals surface area contributed by atoms with E-state index in [-0.39, 0.29) is 11.6 Å². The molecule has 1 atom stereocenters. The van der Waals surface area contributed by atoms with Gasteiger partial charge in [-0.25, -0.2) is 4.39 Å². The summed E-state index contributed by atoms with van der Waals surface area (Å²) < 4.78 is 26.2. The van der Waals surface area contributed by atoms with Crippen molar-refractivity contribution in [2.24, 2.45) is 5.92 Å². The Morgan fingerprint density at radius 3 is 2.47 bits per heavy atom. The molecule has 0 aromatic carbocycles. The molecule has 1 saturated carbocycles. The van der Waals surface area contributed by atoms with Crippen molar-refractivity contribution in [3.63, 3.8) is 0 Å². The van der Waals surface area contributed by atoms with Crippen molar-refractivity contribution in [2.45, 2.75) is 64.6 Å². The Morgan fingerprint density at radius 2 is 1.95 bits per heavy atom. The minimum absolute atomic E-state index is 0.206. The molecule has 2 nitrogen and oxygen atoms in total. The van der Waals surface area contributed by atoms with Gasteiger partial charge in [0.25, 0.3) is 0 Å². The Hall–Kier alpha value is -0.605. The molecule has 1 saturated heterocycles. The van der Waals surface area contributed by atoms with Crippen molar-refractivity contribution in [2.75, 3.05) is 0 Å². The largest absolute Gasteiger partial charge is 0.525 e. The van der Waals surface area contributed by atoms with Crippen LogP contribution in [-0.2, 0) is 9.31 Å². The van der Waals surface area contributed by atoms with Crippen LogP contribution in [0.25, 0.3) is 0 Å². The zero-order valence-electron chi connectivity index (χ0n) is 12.5. The number of hydrogen-bond acceptors (Lipinski definition) is 2. The van der Waals surface area contributed by atoms with Crippen LogP contribution in [0.5, 0.6) is 0 Å². The molecule has 0 bridgehead atoms. The summed E-state index contributed by atoms with van der Waals surface area (Å²) in [6, 6.07) is 0. The van der Waals surface area contributed by atoms with Gasteiger partial charge in [-0.2, -0.15) is 0 Å². The van der Waals surface area contributed by atoms with Crippen LogP contribution in [-0.4, -0.2) is 18.3 Å². The molecule has 0 aromatic heterocycles. The lowest BCUT2D eigenvalue weighted by Crippen LogP contribution is -2.41. The average molecular weight is 266 g/mol. The van der Waals surface area contributed by atoms with E-state index >= 15 is 0 Å². The fraction of sp³-hybridized carbons (Fsp3) is 0.733. The topological polar surface area (TPSA) is 18.5 Å². The van der Waals surface area contributed by atoms with Gasteiger partial charge < -0.3 is 9.31 Å². The highest BCUT2D eigenvalue weighted by molar-refractivity contribution is 6.53. The average Bonchev–Trinajstić information content (AvgIpc) is 2.82. The fourth-order valence-electron chi connectivity index (χ4n) is 2.79. The van der Waals surface area contributed by atoms with Gasteiger partial charge in [0, 0.05) is 0 Å². The van der Waals surface area contributed by atoms with Crippen LogP contribution < -0.4 is 0 Å². The first-order chi connectivity index (χ1) is 8.78. The Balaban J connectivity index is 2.21. The monoisotopic (exact) mass is 266 g/mol. The summed E-state index contributed by atoms with van der Waals surface area (Å²) in [4.78, 5) is 0. The highest BCUT2D eigenvalue weighted by Gasteiger charge is 2.53. The molecule has 0 N–H and O–H groups in total. The van der Waals surface area contributed by atoms with Gasteiger partial charge in [0.05, 0.1) is 11.2 Å². The quantitative estimate of drug-likeness (QED) is 0.562. The van der Waals surface area contributed by atoms with Crippen molar-refractivity contribution in [1.29, 1.82) is 0 Å². The summed E-state index contributed by atoms with van der Waals surface area (Å²) in [7, 11) is -0.842. The zero-order valence-corrected chi connectivity index (χ0v) is 12.5. The third kappa shape index (κ3) is 2.66. The summed E-state index contributed by atoms with van der Waals surface area (Å²) in [5.74, 6) is 0.275. The van der Waals surface area contributed by atoms with Crippen molar-refractivity contribution >= 4 is 7.12 Å². The molecule has 19 heavy (non-hydrogen) atoms. The first-order valence-electron chi connectivity index (χ1n) is 7.13. The van der Waals surface area contributed by atoms with Gasteiger partial charge in [0.2, 0.25) is 0 Å². The van der Waals surface area contributed by atoms with E-state index in [1.54, 1.807) is 0 Å². The van der Waals surface area contributed by atoms with Gasteiger partial charge in [-0.1, -0.05) is 6.08 Å². The maximum absolute atomic E-state index is 14.7. The van der Waals surface area contributed by atoms with Crippen LogP contribution in [0.3, 0.4) is 0 Å². The summed E-state index contributed by atoms with van der Waals surface area (Å²) in [6.45, 7) is 11.5. The summed E-state index contributed by atoms with van der Waals surface area (Å²) in [5.41, 5.74) is -0.300. The second-order valence-corrected chi connectivity index (χ2v) is 6.57. The van der Waals surface area contributed by atoms with Crippen LogP contribution >= 0.6 is 0 Å². The lowest BCUT2D eigenvalue weighted by Gasteiger charge is -2.32. The van der Waals surface area contributed by atoms with Crippen LogP contribution in [0.1, 0.15) is 53.4 Å². The van der Waals surface area contributed by atoms with E-state index in [1.165, 1.54) is 0 Å². The van der Waals surface area contributed by atoms with Crippen LogP contribution in [0.15, 0.2) is 24.0 Å². The number of halogens is 1. The molecular weight excluding hydrogens is 242 g/mol. The van der Waals surface area contributed by atoms with Crippen LogP contribution in [0.4, 0.5) is 4.39 Å². The van der Waals surface area contributed by atoms with Gasteiger partial charge in [0.1, 0.15) is 5.73 Å². The maximum atomic E-state index is 14.7. The molecule has 1 unspecified atom stereocenters. The molecule has 106 valence electrons. The molecule has 2 fully saturated rings. The molecule has 0 aromatic rings. The Labute approximate surface area is 116 Å². The first-order valence-corrected chi connectivity index (χ1v) is 7.13. The molecule has 1 aliphatic carbocycles. The number of rotatable bonds is 3. The van der Waals surface area contributed by atoms with Crippen molar-refractivity contribution < 1.29 is 13.7 Å². The Morgan fingerprint density at radius 1 is 1.37 bits per heavy atom. The van der Waals surface area contributed by atoms with Crippen molar-refractivity contribution in [3.8, 4) is 0 Å². The molecule has 2 aliphatic rings. The standard InChI is InChI=1S/C15H24BFO2/c1-6-8-11-9-7-10-12(11)13(17)16-18-14(2,3)15(4,5)19-16/h6,11H,1,7-10H2,2-5H3. The van der Waals surface area contributed by atoms with Crippen LogP contribution in [0, 0.1) is 5.92 Å². The summed E-state index contributed by atoms with van der Waals surface area (Å²) in [6.07, 6.45) is 5.60. The Kier molecular flexibility index (Phi) is 3.94. The minimum atomic E-state index is -0.842. The van der Waals surface area contributed by atoms with E-state index in [2.05, 4.69) is 6.58 Å². The second kappa shape index (κ2) is 5.06. The highest BCUT2D eigenvalue weighted by Crippen LogP contribution is 2.43. The van der Waals surface area contributed by atoms with E-state index in [0.29, 0.717) is 0 Å². The number of hydrogen-bond donors (Lipinski definition) is 0. The molecule has 0 radical (unpaired) electrons. The van der Waals surface area contributed by atoms with Crippen LogP contribution in [0.2, 0.25) is 0 Å². The SMILES string of the molecule is C=CCC1CCCC1=C(F)B1OC(C)(C)C(C)(C)O1. The van der Waals surface area contributed by atoms with Gasteiger partial charge in [-0.05, 0) is 64.9 Å². The molecule has 1 heterocycles. The van der Waals surface area contributed by atoms with E-state index in [1.807, 2.05) is 33.8 Å². The fourth-order valence-corrected chi connectivity index (χ4v) is 2.79. The summed E-state index contributed by atoms with van der Waals surface area (Å²) >= 11 is 0. The second-order valence-electron chi connectivity index (χ2n) is 6.57. The summed E-state index contributed by atoms with van der Waals surface area (Å²) in [5, 5.41) is 0. The maximum Gasteiger partial charge on any atom is 0.525 e. The normalized spacial score (nSPS) is 31.6. The predicted molar refractivity (Wildman–Crippen MR) is 76.4 cm³/mol. The first kappa shape index (κ1) is 14.8. The molecular formula is C15H24BFO2. The molecule has 4 heteroatoms. The number of allylic oxidation sites excluding steroid dienone is 2. The zero-order chi connectivity index (χ0) is 14.3. The van der Waals surface area contributed by atoms with E-state index in [0.717, 1.165) is 31.3 Å². The third-order valence-electron chi connectivity index (χ3n) is 4.71. The van der Waals surface area contributed by atoms with E-state index < -0.39 is 18.3 Å². The lowest BCUT2D eigenvalue weighted by molar-refractivity contribution is 0.00578. The molecule has 0 spiro atoms. The smallest absolute Gasteiger partial charge is 0.398 e. The van der Waals surface area contributed by atoms with Crippen molar-refractivity contribution in [1.82, 2.24) is 0 Å². The van der Waals surface area contributed by atoms with Gasteiger partial charge in [-0.15, -0.1) is 6.58 Å². The molecule has 0 amide bonds. The van der Waals surface area contributed by atoms with E-state index in [9.17, 15) is 4.39 Å². The third-order valence-corrected chi connectivity index (χ3v) is 4.71. The molecule has 1 aliphatic heterocycles. The lowest BCUT2D eigenvalue weighted by atomic mass is 9.81.